The number of phenolic OH excluding ortho intramolecular Hbond substituents is 3. The van der Waals surface area contributed by atoms with Crippen LogP contribution in [0.25, 0.3) is 0 Å². The Bertz CT molecular complexity index is 866. The molecular weight excluding hydrogens is 533 g/mol. The predicted octanol–water partition coefficient (Wildman–Crippen LogP) is 4.83. The van der Waals surface area contributed by atoms with Crippen molar-refractivity contribution in [1.29, 1.82) is 0 Å². The molecule has 0 spiro atoms. The van der Waals surface area contributed by atoms with Crippen molar-refractivity contribution < 1.29 is 20.4 Å². The van der Waals surface area contributed by atoms with E-state index in [-0.39, 0.29) is 23.2 Å². The number of hydrogen-bond donors (Lipinski definition) is 4. The lowest BCUT2D eigenvalue weighted by molar-refractivity contribution is 0.0421. The van der Waals surface area contributed by atoms with Gasteiger partial charge < -0.3 is 24.7 Å². The molecule has 0 aromatic heterocycles. The van der Waals surface area contributed by atoms with E-state index in [0.717, 1.165) is 22.4 Å². The summed E-state index contributed by atoms with van der Waals surface area (Å²) in [6, 6.07) is 6.56. The van der Waals surface area contributed by atoms with Crippen molar-refractivity contribution in [2.75, 3.05) is 10.8 Å². The zero-order valence-corrected chi connectivity index (χ0v) is 18.8. The average molecular weight is 552 g/mol. The van der Waals surface area contributed by atoms with Crippen LogP contribution >= 0.6 is 46.3 Å². The van der Waals surface area contributed by atoms with Gasteiger partial charge in [0.1, 0.15) is 5.75 Å². The minimum atomic E-state index is -1.04. The van der Waals surface area contributed by atoms with Gasteiger partial charge in [-0.1, -0.05) is 13.8 Å². The largest absolute Gasteiger partial charge is 0.507 e. The summed E-state index contributed by atoms with van der Waals surface area (Å²) in [5.74, 6) is -0.557. The molecular formula is C18H19BrINO4S. The van der Waals surface area contributed by atoms with Crippen molar-refractivity contribution in [2.24, 2.45) is 0 Å². The molecule has 0 fully saturated rings. The van der Waals surface area contributed by atoms with Gasteiger partial charge in [0, 0.05) is 48.7 Å². The zero-order chi connectivity index (χ0) is 19.2. The highest BCUT2D eigenvalue weighted by Crippen LogP contribution is 2.56. The van der Waals surface area contributed by atoms with E-state index in [1.54, 1.807) is 6.07 Å². The van der Waals surface area contributed by atoms with Crippen molar-refractivity contribution in [3.05, 3.63) is 45.4 Å². The fourth-order valence-electron chi connectivity index (χ4n) is 3.79. The van der Waals surface area contributed by atoms with E-state index in [0.29, 0.717) is 17.4 Å². The Balaban J connectivity index is 0.000000948. The Morgan fingerprint density at radius 2 is 1.73 bits per heavy atom. The van der Waals surface area contributed by atoms with Crippen LogP contribution in [0.3, 0.4) is 0 Å². The standard InChI is InChI=1S/C16H13BrINO4S.C2H6/c17-10-2-9-11(4-12(10)20)19(24-18)6-16(23)5-7-1-13(21)14(22)3-8(7)15(9)16;1-2/h1-4,15,20-23H,5-6H2;1-2H3. The van der Waals surface area contributed by atoms with E-state index < -0.39 is 5.60 Å². The van der Waals surface area contributed by atoms with Crippen LogP contribution in [0.4, 0.5) is 5.69 Å². The summed E-state index contributed by atoms with van der Waals surface area (Å²) < 4.78 is 2.50. The number of phenols is 3. The molecule has 0 radical (unpaired) electrons. The second-order valence-corrected chi connectivity index (χ2v) is 8.84. The SMILES string of the molecule is CC.Oc1cc2c(cc1O)C1c3cc(Br)c(O)cc3N(SI)CC1(O)C2. The molecule has 2 aliphatic rings. The quantitative estimate of drug-likeness (QED) is 0.231. The first-order valence-corrected chi connectivity index (χ1v) is 12.3. The van der Waals surface area contributed by atoms with Gasteiger partial charge in [0.25, 0.3) is 0 Å². The lowest BCUT2D eigenvalue weighted by Gasteiger charge is -2.42. The van der Waals surface area contributed by atoms with E-state index in [2.05, 4.69) is 37.1 Å². The number of aromatic hydroxyl groups is 3. The third-order valence-corrected chi connectivity index (χ3v) is 7.31. The lowest BCUT2D eigenvalue weighted by Crippen LogP contribution is -2.48. The minimum Gasteiger partial charge on any atom is -0.507 e. The van der Waals surface area contributed by atoms with Gasteiger partial charge in [0.15, 0.2) is 11.5 Å². The maximum absolute atomic E-state index is 11.3. The number of fused-ring (bicyclic) bond motifs is 5. The second kappa shape index (κ2) is 7.29. The molecule has 26 heavy (non-hydrogen) atoms. The fraction of sp³-hybridized carbons (Fsp3) is 0.333. The molecule has 0 bridgehead atoms. The molecule has 2 aromatic rings. The van der Waals surface area contributed by atoms with Gasteiger partial charge in [-0.15, -0.1) is 0 Å². The highest BCUT2D eigenvalue weighted by molar-refractivity contribution is 14.2. The fourth-order valence-corrected chi connectivity index (χ4v) is 5.71. The van der Waals surface area contributed by atoms with Crippen molar-refractivity contribution >= 4 is 51.9 Å². The second-order valence-electron chi connectivity index (χ2n) is 6.22. The van der Waals surface area contributed by atoms with Crippen LogP contribution in [0.1, 0.15) is 36.5 Å². The van der Waals surface area contributed by atoms with Crippen LogP contribution < -0.4 is 4.31 Å². The number of benzene rings is 2. The Morgan fingerprint density at radius 3 is 2.38 bits per heavy atom. The Hall–Kier alpha value is -0.840. The monoisotopic (exact) mass is 551 g/mol. The summed E-state index contributed by atoms with van der Waals surface area (Å²) in [6.07, 6.45) is 0.395. The molecule has 1 heterocycles. The molecule has 0 amide bonds. The van der Waals surface area contributed by atoms with Gasteiger partial charge in [-0.2, -0.15) is 0 Å². The van der Waals surface area contributed by atoms with Gasteiger partial charge in [-0.3, -0.25) is 0 Å². The smallest absolute Gasteiger partial charge is 0.157 e. The Kier molecular flexibility index (Phi) is 5.58. The first kappa shape index (κ1) is 19.9. The molecule has 8 heteroatoms. The number of anilines is 1. The number of halogens is 2. The summed E-state index contributed by atoms with van der Waals surface area (Å²) in [5.41, 5.74) is 2.31. The van der Waals surface area contributed by atoms with Crippen LogP contribution in [0.5, 0.6) is 17.2 Å². The summed E-state index contributed by atoms with van der Waals surface area (Å²) in [7, 11) is 1.45. The average Bonchev–Trinajstić information content (AvgIpc) is 2.89. The molecule has 2 aromatic carbocycles. The Morgan fingerprint density at radius 1 is 1.08 bits per heavy atom. The predicted molar refractivity (Wildman–Crippen MR) is 116 cm³/mol. The lowest BCUT2D eigenvalue weighted by atomic mass is 9.78. The number of nitrogens with zero attached hydrogens (tertiary/aromatic N) is 1. The molecule has 0 saturated heterocycles. The van der Waals surface area contributed by atoms with Gasteiger partial charge in [-0.05, 0) is 50.8 Å². The number of hydrogen-bond acceptors (Lipinski definition) is 6. The molecule has 0 saturated carbocycles. The highest BCUT2D eigenvalue weighted by Gasteiger charge is 2.51. The van der Waals surface area contributed by atoms with Crippen molar-refractivity contribution in [1.82, 2.24) is 0 Å². The van der Waals surface area contributed by atoms with Gasteiger partial charge in [0.2, 0.25) is 0 Å². The molecule has 2 atom stereocenters. The molecule has 4 rings (SSSR count). The van der Waals surface area contributed by atoms with Crippen LogP contribution in [-0.2, 0) is 6.42 Å². The maximum Gasteiger partial charge on any atom is 0.157 e. The molecule has 1 aliphatic carbocycles. The van der Waals surface area contributed by atoms with E-state index >= 15 is 0 Å². The van der Waals surface area contributed by atoms with Gasteiger partial charge in [0.05, 0.1) is 22.3 Å². The first-order chi connectivity index (χ1) is 12.3. The molecule has 1 aliphatic heterocycles. The minimum absolute atomic E-state index is 0.140. The number of β-amino-alcohol motifs (C(OH)–C–C–N with tert-alkyl or cyclic N) is 1. The third kappa shape index (κ3) is 3.04. The molecule has 140 valence electrons. The first-order valence-electron chi connectivity index (χ1n) is 8.20. The highest BCUT2D eigenvalue weighted by atomic mass is 127. The molecule has 2 unspecified atom stereocenters. The van der Waals surface area contributed by atoms with E-state index in [1.807, 2.05) is 24.2 Å². The van der Waals surface area contributed by atoms with E-state index in [9.17, 15) is 20.4 Å². The van der Waals surface area contributed by atoms with Crippen LogP contribution in [0.2, 0.25) is 0 Å². The number of rotatable bonds is 1. The topological polar surface area (TPSA) is 84.2 Å². The van der Waals surface area contributed by atoms with Crippen LogP contribution in [0.15, 0.2) is 28.7 Å². The summed E-state index contributed by atoms with van der Waals surface area (Å²) >= 11 is 5.50. The van der Waals surface area contributed by atoms with Crippen LogP contribution in [0, 0.1) is 0 Å². The Labute approximate surface area is 176 Å². The van der Waals surface area contributed by atoms with Crippen molar-refractivity contribution in [2.45, 2.75) is 31.8 Å². The molecule has 5 nitrogen and oxygen atoms in total. The number of aliphatic hydroxyl groups is 1. The van der Waals surface area contributed by atoms with Crippen LogP contribution in [-0.4, -0.2) is 32.6 Å². The van der Waals surface area contributed by atoms with E-state index in [4.69, 9.17) is 0 Å². The van der Waals surface area contributed by atoms with Gasteiger partial charge in [-0.25, -0.2) is 0 Å². The van der Waals surface area contributed by atoms with E-state index in [1.165, 1.54) is 21.3 Å². The summed E-state index contributed by atoms with van der Waals surface area (Å²) in [6.45, 7) is 4.38. The third-order valence-electron chi connectivity index (χ3n) is 4.76. The zero-order valence-electron chi connectivity index (χ0n) is 14.2. The summed E-state index contributed by atoms with van der Waals surface area (Å²) in [4.78, 5) is 0. The maximum atomic E-state index is 11.3. The summed E-state index contributed by atoms with van der Waals surface area (Å²) in [5, 5.41) is 41.1. The normalized spacial score (nSPS) is 22.8. The van der Waals surface area contributed by atoms with Crippen molar-refractivity contribution in [3.63, 3.8) is 0 Å². The molecule has 4 N–H and O–H groups in total. The van der Waals surface area contributed by atoms with Gasteiger partial charge >= 0.3 is 0 Å². The van der Waals surface area contributed by atoms with Crippen molar-refractivity contribution in [3.8, 4) is 17.2 Å².